The molecule has 1 amide bonds. The zero-order valence-electron chi connectivity index (χ0n) is 14.6. The van der Waals surface area contributed by atoms with Gasteiger partial charge < -0.3 is 5.32 Å². The van der Waals surface area contributed by atoms with Gasteiger partial charge in [0.2, 0.25) is 5.28 Å². The highest BCUT2D eigenvalue weighted by Crippen LogP contribution is 2.29. The lowest BCUT2D eigenvalue weighted by Gasteiger charge is -2.15. The molecule has 3 aromatic heterocycles. The molecule has 0 spiro atoms. The first-order valence-electron chi connectivity index (χ1n) is 8.01. The number of rotatable bonds is 4. The van der Waals surface area contributed by atoms with Crippen molar-refractivity contribution in [3.63, 3.8) is 0 Å². The highest BCUT2D eigenvalue weighted by atomic mass is 35.5. The molecule has 0 saturated heterocycles. The molecule has 0 bridgehead atoms. The van der Waals surface area contributed by atoms with Crippen molar-refractivity contribution in [3.8, 4) is 11.9 Å². The topological polar surface area (TPSA) is 109 Å². The lowest BCUT2D eigenvalue weighted by atomic mass is 10.2. The van der Waals surface area contributed by atoms with Crippen LogP contribution in [0.3, 0.4) is 0 Å². The molecular weight excluding hydrogens is 411 g/mol. The number of alkyl halides is 3. The van der Waals surface area contributed by atoms with Crippen LogP contribution >= 0.6 is 11.6 Å². The molecule has 0 aromatic carbocycles. The molecule has 0 aliphatic rings. The second-order valence-electron chi connectivity index (χ2n) is 5.82. The molecule has 148 valence electrons. The second-order valence-corrected chi connectivity index (χ2v) is 6.16. The number of aromatic nitrogens is 5. The minimum atomic E-state index is -4.62. The SMILES string of the molecule is CC(NC(=O)c1cncc(C(F)(F)F)c1)c1nc(Cl)nn1-c1ccc(C#N)cn1. The van der Waals surface area contributed by atoms with E-state index in [2.05, 4.69) is 25.4 Å². The Kier molecular flexibility index (Phi) is 5.47. The van der Waals surface area contributed by atoms with Crippen LogP contribution in [-0.2, 0) is 6.18 Å². The molecule has 1 unspecified atom stereocenters. The van der Waals surface area contributed by atoms with E-state index in [1.54, 1.807) is 6.92 Å². The number of amides is 1. The van der Waals surface area contributed by atoms with Crippen LogP contribution in [0.15, 0.2) is 36.8 Å². The summed E-state index contributed by atoms with van der Waals surface area (Å²) in [7, 11) is 0. The van der Waals surface area contributed by atoms with E-state index in [-0.39, 0.29) is 16.7 Å². The van der Waals surface area contributed by atoms with Crippen LogP contribution in [0, 0.1) is 11.3 Å². The first kappa shape index (κ1) is 20.2. The summed E-state index contributed by atoms with van der Waals surface area (Å²) in [5, 5.41) is 15.3. The maximum Gasteiger partial charge on any atom is 0.417 e. The third kappa shape index (κ3) is 4.49. The number of nitriles is 1. The molecule has 0 saturated carbocycles. The average Bonchev–Trinajstić information content (AvgIpc) is 3.09. The van der Waals surface area contributed by atoms with Crippen molar-refractivity contribution in [3.05, 3.63) is 64.6 Å². The maximum atomic E-state index is 12.8. The lowest BCUT2D eigenvalue weighted by molar-refractivity contribution is -0.137. The Morgan fingerprint density at radius 3 is 2.69 bits per heavy atom. The van der Waals surface area contributed by atoms with Crippen molar-refractivity contribution in [1.29, 1.82) is 5.26 Å². The average molecular weight is 422 g/mol. The molecule has 1 N–H and O–H groups in total. The molecule has 1 atom stereocenters. The summed E-state index contributed by atoms with van der Waals surface area (Å²) in [6, 6.07) is 4.88. The summed E-state index contributed by atoms with van der Waals surface area (Å²) < 4.78 is 39.7. The molecule has 8 nitrogen and oxygen atoms in total. The van der Waals surface area contributed by atoms with Gasteiger partial charge in [-0.05, 0) is 36.7 Å². The molecule has 3 aromatic rings. The summed E-state index contributed by atoms with van der Waals surface area (Å²) in [5.41, 5.74) is -0.967. The lowest BCUT2D eigenvalue weighted by Crippen LogP contribution is -2.29. The Hall–Kier alpha value is -3.52. The van der Waals surface area contributed by atoms with Gasteiger partial charge in [-0.25, -0.2) is 4.98 Å². The van der Waals surface area contributed by atoms with Crippen molar-refractivity contribution in [2.24, 2.45) is 0 Å². The van der Waals surface area contributed by atoms with E-state index in [1.807, 2.05) is 6.07 Å². The molecule has 3 rings (SSSR count). The number of carbonyl (C=O) groups excluding carboxylic acids is 1. The van der Waals surface area contributed by atoms with Gasteiger partial charge in [0.25, 0.3) is 5.91 Å². The normalized spacial score (nSPS) is 12.3. The Morgan fingerprint density at radius 2 is 2.07 bits per heavy atom. The van der Waals surface area contributed by atoms with E-state index in [9.17, 15) is 18.0 Å². The highest BCUT2D eigenvalue weighted by Gasteiger charge is 2.31. The van der Waals surface area contributed by atoms with Crippen molar-refractivity contribution in [2.45, 2.75) is 19.1 Å². The van der Waals surface area contributed by atoms with Gasteiger partial charge in [0, 0.05) is 18.6 Å². The summed E-state index contributed by atoms with van der Waals surface area (Å²) in [6.45, 7) is 1.55. The standard InChI is InChI=1S/C17H11ClF3N7O/c1-9(25-15(29)11-4-12(8-23-7-11)17(19,20)21)14-26-16(18)27-28(14)13-3-2-10(5-22)6-24-13/h2-4,6-9H,1H3,(H,25,29). The van der Waals surface area contributed by atoms with Gasteiger partial charge in [-0.15, -0.1) is 5.10 Å². The van der Waals surface area contributed by atoms with Gasteiger partial charge in [-0.3, -0.25) is 9.78 Å². The molecule has 3 heterocycles. The van der Waals surface area contributed by atoms with Gasteiger partial charge in [0.05, 0.1) is 22.7 Å². The summed E-state index contributed by atoms with van der Waals surface area (Å²) in [5.74, 6) is -0.296. The molecule has 0 aliphatic heterocycles. The Labute approximate surface area is 167 Å². The fraction of sp³-hybridized carbons (Fsp3) is 0.176. The van der Waals surface area contributed by atoms with E-state index >= 15 is 0 Å². The quantitative estimate of drug-likeness (QED) is 0.693. The fourth-order valence-corrected chi connectivity index (χ4v) is 2.55. The van der Waals surface area contributed by atoms with E-state index in [1.165, 1.54) is 23.0 Å². The number of hydrogen-bond donors (Lipinski definition) is 1. The number of halogens is 4. The minimum absolute atomic E-state index is 0.118. The van der Waals surface area contributed by atoms with Crippen LogP contribution in [0.5, 0.6) is 0 Å². The molecular formula is C17H11ClF3N7O. The number of nitrogens with zero attached hydrogens (tertiary/aromatic N) is 6. The summed E-state index contributed by atoms with van der Waals surface area (Å²) in [4.78, 5) is 24.0. The number of pyridine rings is 2. The maximum absolute atomic E-state index is 12.8. The zero-order chi connectivity index (χ0) is 21.2. The third-order valence-corrected chi connectivity index (χ3v) is 3.92. The third-order valence-electron chi connectivity index (χ3n) is 3.76. The van der Waals surface area contributed by atoms with E-state index < -0.39 is 23.7 Å². The monoisotopic (exact) mass is 421 g/mol. The number of hydrogen-bond acceptors (Lipinski definition) is 6. The molecule has 0 fully saturated rings. The number of carbonyl (C=O) groups is 1. The number of nitrogens with one attached hydrogen (secondary N) is 1. The van der Waals surface area contributed by atoms with Gasteiger partial charge in [0.1, 0.15) is 6.07 Å². The highest BCUT2D eigenvalue weighted by molar-refractivity contribution is 6.28. The van der Waals surface area contributed by atoms with Gasteiger partial charge in [0.15, 0.2) is 11.6 Å². The predicted molar refractivity (Wildman–Crippen MR) is 94.0 cm³/mol. The summed E-state index contributed by atoms with van der Waals surface area (Å²) >= 11 is 5.87. The summed E-state index contributed by atoms with van der Waals surface area (Å²) in [6.07, 6.45) is -1.64. The van der Waals surface area contributed by atoms with Gasteiger partial charge >= 0.3 is 6.18 Å². The molecule has 29 heavy (non-hydrogen) atoms. The van der Waals surface area contributed by atoms with Crippen LogP contribution < -0.4 is 5.32 Å². The predicted octanol–water partition coefficient (Wildman–Crippen LogP) is 3.09. The molecule has 0 radical (unpaired) electrons. The van der Waals surface area contributed by atoms with Crippen molar-refractivity contribution in [2.75, 3.05) is 0 Å². The fourth-order valence-electron chi connectivity index (χ4n) is 2.39. The van der Waals surface area contributed by atoms with Crippen LogP contribution in [0.4, 0.5) is 13.2 Å². The Morgan fingerprint density at radius 1 is 1.31 bits per heavy atom. The molecule has 0 aliphatic carbocycles. The van der Waals surface area contributed by atoms with E-state index in [0.717, 1.165) is 6.20 Å². The first-order chi connectivity index (χ1) is 13.7. The largest absolute Gasteiger partial charge is 0.417 e. The van der Waals surface area contributed by atoms with Crippen molar-refractivity contribution >= 4 is 17.5 Å². The van der Waals surface area contributed by atoms with Crippen LogP contribution in [0.2, 0.25) is 5.28 Å². The van der Waals surface area contributed by atoms with Gasteiger partial charge in [-0.2, -0.15) is 28.1 Å². The van der Waals surface area contributed by atoms with Gasteiger partial charge in [-0.1, -0.05) is 0 Å². The van der Waals surface area contributed by atoms with Crippen molar-refractivity contribution < 1.29 is 18.0 Å². The van der Waals surface area contributed by atoms with Crippen LogP contribution in [0.1, 0.15) is 40.3 Å². The van der Waals surface area contributed by atoms with Crippen LogP contribution in [-0.4, -0.2) is 30.6 Å². The van der Waals surface area contributed by atoms with E-state index in [0.29, 0.717) is 23.6 Å². The second kappa shape index (κ2) is 7.84. The Bertz CT molecular complexity index is 1090. The van der Waals surface area contributed by atoms with E-state index in [4.69, 9.17) is 16.9 Å². The van der Waals surface area contributed by atoms with Crippen LogP contribution in [0.25, 0.3) is 5.82 Å². The van der Waals surface area contributed by atoms with Crippen molar-refractivity contribution in [1.82, 2.24) is 30.0 Å². The zero-order valence-corrected chi connectivity index (χ0v) is 15.4. The molecule has 12 heteroatoms. The first-order valence-corrected chi connectivity index (χ1v) is 8.39. The smallest absolute Gasteiger partial charge is 0.342 e. The minimum Gasteiger partial charge on any atom is -0.342 e. The Balaban J connectivity index is 1.85.